The average Bonchev–Trinajstić information content (AvgIpc) is 2.33. The van der Waals surface area contributed by atoms with E-state index in [1.54, 1.807) is 12.1 Å². The number of halogens is 3. The quantitative estimate of drug-likeness (QED) is 0.742. The van der Waals surface area contributed by atoms with Gasteiger partial charge < -0.3 is 10.1 Å². The van der Waals surface area contributed by atoms with Crippen LogP contribution in [-0.2, 0) is 0 Å². The molecule has 1 rings (SSSR count). The van der Waals surface area contributed by atoms with Crippen LogP contribution < -0.4 is 10.1 Å². The Balaban J connectivity index is 2.33. The van der Waals surface area contributed by atoms with Crippen molar-refractivity contribution in [2.24, 2.45) is 0 Å². The van der Waals surface area contributed by atoms with E-state index < -0.39 is 12.8 Å². The smallest absolute Gasteiger partial charge is 0.422 e. The van der Waals surface area contributed by atoms with Crippen molar-refractivity contribution in [3.63, 3.8) is 0 Å². The molecule has 0 aliphatic rings. The van der Waals surface area contributed by atoms with Crippen molar-refractivity contribution in [1.29, 1.82) is 0 Å². The molecule has 1 N–H and O–H groups in total. The molecule has 0 heterocycles. The molecule has 2 nitrogen and oxygen atoms in total. The van der Waals surface area contributed by atoms with Gasteiger partial charge in [-0.05, 0) is 30.7 Å². The van der Waals surface area contributed by atoms with Crippen LogP contribution in [0.5, 0.6) is 5.75 Å². The number of hydrogen-bond acceptors (Lipinski definition) is 2. The molecule has 0 saturated heterocycles. The number of alkyl halides is 3. The maximum Gasteiger partial charge on any atom is 0.422 e. The van der Waals surface area contributed by atoms with Crippen LogP contribution in [-0.4, -0.2) is 19.3 Å². The predicted octanol–water partition coefficient (Wildman–Crippen LogP) is 4.23. The van der Waals surface area contributed by atoms with Gasteiger partial charge in [0.1, 0.15) is 5.75 Å². The van der Waals surface area contributed by atoms with Gasteiger partial charge in [0.15, 0.2) is 6.61 Å². The molecule has 0 radical (unpaired) electrons. The van der Waals surface area contributed by atoms with Crippen LogP contribution in [0.25, 0.3) is 0 Å². The van der Waals surface area contributed by atoms with Crippen molar-refractivity contribution in [3.05, 3.63) is 24.3 Å². The topological polar surface area (TPSA) is 21.3 Å². The molecular weight excluding hydrogens is 243 g/mol. The van der Waals surface area contributed by atoms with Crippen molar-refractivity contribution in [2.45, 2.75) is 32.4 Å². The Morgan fingerprint density at radius 2 is 1.78 bits per heavy atom. The molecule has 0 spiro atoms. The van der Waals surface area contributed by atoms with Crippen LogP contribution in [0.3, 0.4) is 0 Å². The van der Waals surface area contributed by atoms with Gasteiger partial charge in [-0.1, -0.05) is 19.8 Å². The second-order valence-corrected chi connectivity index (χ2v) is 4.06. The minimum atomic E-state index is -4.29. The molecule has 0 amide bonds. The monoisotopic (exact) mass is 261 g/mol. The molecule has 1 aromatic rings. The summed E-state index contributed by atoms with van der Waals surface area (Å²) < 4.78 is 40.4. The molecular formula is C13H18F3NO. The standard InChI is InChI=1S/C13H18F3NO/c1-2-3-4-9-17-11-5-7-12(8-6-11)18-10-13(14,15)16/h5-8,17H,2-4,9-10H2,1H3. The SMILES string of the molecule is CCCCCNc1ccc(OCC(F)(F)F)cc1. The molecule has 0 aliphatic heterocycles. The molecule has 102 valence electrons. The van der Waals surface area contributed by atoms with Gasteiger partial charge in [0, 0.05) is 12.2 Å². The number of anilines is 1. The maximum absolute atomic E-state index is 11.9. The Morgan fingerprint density at radius 3 is 2.33 bits per heavy atom. The zero-order chi connectivity index (χ0) is 13.4. The van der Waals surface area contributed by atoms with Gasteiger partial charge in [0.2, 0.25) is 0 Å². The normalized spacial score (nSPS) is 11.3. The van der Waals surface area contributed by atoms with Crippen LogP contribution >= 0.6 is 0 Å². The van der Waals surface area contributed by atoms with Gasteiger partial charge in [-0.25, -0.2) is 0 Å². The number of nitrogens with one attached hydrogen (secondary N) is 1. The van der Waals surface area contributed by atoms with E-state index in [2.05, 4.69) is 17.0 Å². The molecule has 1 aromatic carbocycles. The zero-order valence-electron chi connectivity index (χ0n) is 10.4. The highest BCUT2D eigenvalue weighted by Crippen LogP contribution is 2.20. The summed E-state index contributed by atoms with van der Waals surface area (Å²) in [6, 6.07) is 6.51. The Hall–Kier alpha value is -1.39. The fourth-order valence-electron chi connectivity index (χ4n) is 1.44. The highest BCUT2D eigenvalue weighted by atomic mass is 19.4. The third-order valence-corrected chi connectivity index (χ3v) is 2.37. The second kappa shape index (κ2) is 7.13. The molecule has 5 heteroatoms. The molecule has 0 aliphatic carbocycles. The van der Waals surface area contributed by atoms with Crippen LogP contribution in [0.2, 0.25) is 0 Å². The van der Waals surface area contributed by atoms with E-state index in [1.165, 1.54) is 18.6 Å². The fraction of sp³-hybridized carbons (Fsp3) is 0.538. The summed E-state index contributed by atoms with van der Waals surface area (Å²) in [5, 5.41) is 3.20. The third kappa shape index (κ3) is 6.37. The Kier molecular flexibility index (Phi) is 5.82. The van der Waals surface area contributed by atoms with Crippen LogP contribution in [0.4, 0.5) is 18.9 Å². The minimum absolute atomic E-state index is 0.228. The maximum atomic E-state index is 11.9. The highest BCUT2D eigenvalue weighted by molar-refractivity contribution is 5.46. The molecule has 0 aromatic heterocycles. The number of benzene rings is 1. The fourth-order valence-corrected chi connectivity index (χ4v) is 1.44. The lowest BCUT2D eigenvalue weighted by Gasteiger charge is -2.10. The van der Waals surface area contributed by atoms with Crippen molar-refractivity contribution >= 4 is 5.69 Å². The number of rotatable bonds is 7. The van der Waals surface area contributed by atoms with E-state index in [9.17, 15) is 13.2 Å². The van der Waals surface area contributed by atoms with Crippen molar-refractivity contribution in [1.82, 2.24) is 0 Å². The van der Waals surface area contributed by atoms with Gasteiger partial charge in [-0.2, -0.15) is 13.2 Å². The lowest BCUT2D eigenvalue weighted by Crippen LogP contribution is -2.19. The minimum Gasteiger partial charge on any atom is -0.484 e. The lowest BCUT2D eigenvalue weighted by molar-refractivity contribution is -0.153. The lowest BCUT2D eigenvalue weighted by atomic mass is 10.2. The van der Waals surface area contributed by atoms with Gasteiger partial charge in [0.05, 0.1) is 0 Å². The summed E-state index contributed by atoms with van der Waals surface area (Å²) >= 11 is 0. The highest BCUT2D eigenvalue weighted by Gasteiger charge is 2.28. The van der Waals surface area contributed by atoms with Gasteiger partial charge in [0.25, 0.3) is 0 Å². The Bertz CT molecular complexity index is 335. The van der Waals surface area contributed by atoms with Crippen LogP contribution in [0.1, 0.15) is 26.2 Å². The summed E-state index contributed by atoms with van der Waals surface area (Å²) in [7, 11) is 0. The number of unbranched alkanes of at least 4 members (excludes halogenated alkanes) is 2. The Labute approximate surface area is 105 Å². The van der Waals surface area contributed by atoms with Crippen molar-refractivity contribution in [2.75, 3.05) is 18.5 Å². The summed E-state index contributed by atoms with van der Waals surface area (Å²) in [6.45, 7) is 1.75. The van der Waals surface area contributed by atoms with Crippen molar-refractivity contribution in [3.8, 4) is 5.75 Å². The van der Waals surface area contributed by atoms with Gasteiger partial charge >= 0.3 is 6.18 Å². The summed E-state index contributed by atoms with van der Waals surface area (Å²) in [5.74, 6) is 0.228. The first-order valence-electron chi connectivity index (χ1n) is 6.05. The van der Waals surface area contributed by atoms with E-state index in [-0.39, 0.29) is 5.75 Å². The summed E-state index contributed by atoms with van der Waals surface area (Å²) in [4.78, 5) is 0. The van der Waals surface area contributed by atoms with Crippen LogP contribution in [0.15, 0.2) is 24.3 Å². The van der Waals surface area contributed by atoms with E-state index in [0.717, 1.165) is 25.1 Å². The number of ether oxygens (including phenoxy) is 1. The van der Waals surface area contributed by atoms with E-state index >= 15 is 0 Å². The summed E-state index contributed by atoms with van der Waals surface area (Å²) in [6.07, 6.45) is -0.883. The first kappa shape index (κ1) is 14.7. The zero-order valence-corrected chi connectivity index (χ0v) is 10.4. The van der Waals surface area contributed by atoms with E-state index in [4.69, 9.17) is 0 Å². The summed E-state index contributed by atoms with van der Waals surface area (Å²) in [5.41, 5.74) is 0.894. The molecule has 0 fully saturated rings. The molecule has 18 heavy (non-hydrogen) atoms. The van der Waals surface area contributed by atoms with Crippen molar-refractivity contribution < 1.29 is 17.9 Å². The third-order valence-electron chi connectivity index (χ3n) is 2.37. The largest absolute Gasteiger partial charge is 0.484 e. The van der Waals surface area contributed by atoms with E-state index in [0.29, 0.717) is 0 Å². The molecule has 0 saturated carbocycles. The number of hydrogen-bond donors (Lipinski definition) is 1. The van der Waals surface area contributed by atoms with Gasteiger partial charge in [-0.15, -0.1) is 0 Å². The molecule has 0 unspecified atom stereocenters. The van der Waals surface area contributed by atoms with Crippen LogP contribution in [0, 0.1) is 0 Å². The van der Waals surface area contributed by atoms with E-state index in [1.807, 2.05) is 0 Å². The van der Waals surface area contributed by atoms with Gasteiger partial charge in [-0.3, -0.25) is 0 Å². The second-order valence-electron chi connectivity index (χ2n) is 4.06. The first-order valence-corrected chi connectivity index (χ1v) is 6.05. The Morgan fingerprint density at radius 1 is 1.11 bits per heavy atom. The molecule has 0 bridgehead atoms. The average molecular weight is 261 g/mol. The first-order chi connectivity index (χ1) is 8.51. The predicted molar refractivity (Wildman–Crippen MR) is 66.0 cm³/mol. The molecule has 0 atom stereocenters.